The third-order valence-electron chi connectivity index (χ3n) is 1.99. The summed E-state index contributed by atoms with van der Waals surface area (Å²) < 4.78 is 23.9. The highest BCUT2D eigenvalue weighted by atomic mass is 32.2. The summed E-state index contributed by atoms with van der Waals surface area (Å²) in [6.45, 7) is 3.93. The molecule has 84 valence electrons. The molecule has 5 nitrogen and oxygen atoms in total. The number of carbonyl (C=O) groups is 1. The van der Waals surface area contributed by atoms with Crippen molar-refractivity contribution < 1.29 is 18.3 Å². The van der Waals surface area contributed by atoms with Crippen LogP contribution in [0.2, 0.25) is 0 Å². The molecule has 0 bridgehead atoms. The van der Waals surface area contributed by atoms with E-state index < -0.39 is 16.0 Å². The quantitative estimate of drug-likeness (QED) is 0.677. The number of sulfonamides is 1. The summed E-state index contributed by atoms with van der Waals surface area (Å²) in [6.07, 6.45) is 1.05. The van der Waals surface area contributed by atoms with Crippen molar-refractivity contribution in [2.24, 2.45) is 11.8 Å². The molecule has 0 aromatic carbocycles. The third-order valence-corrected chi connectivity index (χ3v) is 2.68. The average molecular weight is 223 g/mol. The van der Waals surface area contributed by atoms with Gasteiger partial charge in [-0.15, -0.1) is 0 Å². The van der Waals surface area contributed by atoms with E-state index in [4.69, 9.17) is 5.11 Å². The van der Waals surface area contributed by atoms with E-state index in [-0.39, 0.29) is 24.8 Å². The van der Waals surface area contributed by atoms with Crippen molar-refractivity contribution >= 4 is 16.0 Å². The second-order valence-electron chi connectivity index (χ2n) is 3.72. The number of hydrogen-bond donors (Lipinski definition) is 2. The maximum atomic E-state index is 10.8. The Labute approximate surface area is 84.6 Å². The minimum absolute atomic E-state index is 0.0137. The lowest BCUT2D eigenvalue weighted by atomic mass is 9.93. The Hall–Kier alpha value is -0.620. The number of hydrogen-bond acceptors (Lipinski definition) is 3. The maximum absolute atomic E-state index is 10.8. The number of nitrogens with one attached hydrogen (secondary N) is 1. The molecule has 0 radical (unpaired) electrons. The molecule has 0 fully saturated rings. The lowest BCUT2D eigenvalue weighted by Gasteiger charge is -2.18. The molecule has 0 amide bonds. The van der Waals surface area contributed by atoms with Crippen molar-refractivity contribution in [3.63, 3.8) is 0 Å². The van der Waals surface area contributed by atoms with Gasteiger partial charge in [0.1, 0.15) is 0 Å². The van der Waals surface area contributed by atoms with E-state index >= 15 is 0 Å². The molecule has 0 heterocycles. The molecule has 0 saturated carbocycles. The van der Waals surface area contributed by atoms with E-state index in [1.54, 1.807) is 0 Å². The standard InChI is InChI=1S/C8H17NO4S/c1-6(2)7(4-8(10)11)5-9-14(3,12)13/h6-7,9H,4-5H2,1-3H3,(H,10,11). The summed E-state index contributed by atoms with van der Waals surface area (Å²) in [5.74, 6) is -0.929. The van der Waals surface area contributed by atoms with Gasteiger partial charge >= 0.3 is 5.97 Å². The molecule has 0 spiro atoms. The topological polar surface area (TPSA) is 83.5 Å². The van der Waals surface area contributed by atoms with Gasteiger partial charge in [-0.3, -0.25) is 4.79 Å². The molecule has 2 N–H and O–H groups in total. The Kier molecular flexibility index (Phi) is 5.07. The summed E-state index contributed by atoms with van der Waals surface area (Å²) in [7, 11) is -3.23. The van der Waals surface area contributed by atoms with Crippen molar-refractivity contribution in [2.75, 3.05) is 12.8 Å². The second-order valence-corrected chi connectivity index (χ2v) is 5.56. The van der Waals surface area contributed by atoms with Gasteiger partial charge in [0, 0.05) is 13.0 Å². The molecular formula is C8H17NO4S. The normalized spacial score (nSPS) is 14.3. The van der Waals surface area contributed by atoms with Crippen LogP contribution in [0.15, 0.2) is 0 Å². The van der Waals surface area contributed by atoms with Crippen LogP contribution in [-0.2, 0) is 14.8 Å². The van der Waals surface area contributed by atoms with E-state index in [9.17, 15) is 13.2 Å². The molecule has 14 heavy (non-hydrogen) atoms. The highest BCUT2D eigenvalue weighted by molar-refractivity contribution is 7.88. The summed E-state index contributed by atoms with van der Waals surface area (Å²) >= 11 is 0. The van der Waals surface area contributed by atoms with Crippen LogP contribution >= 0.6 is 0 Å². The first-order valence-electron chi connectivity index (χ1n) is 4.39. The smallest absolute Gasteiger partial charge is 0.303 e. The minimum Gasteiger partial charge on any atom is -0.481 e. The maximum Gasteiger partial charge on any atom is 0.303 e. The van der Waals surface area contributed by atoms with Crippen LogP contribution in [0.1, 0.15) is 20.3 Å². The lowest BCUT2D eigenvalue weighted by Crippen LogP contribution is -2.31. The minimum atomic E-state index is -3.23. The fourth-order valence-electron chi connectivity index (χ4n) is 1.03. The first-order valence-corrected chi connectivity index (χ1v) is 6.28. The molecular weight excluding hydrogens is 206 g/mol. The average Bonchev–Trinajstić information content (AvgIpc) is 1.94. The van der Waals surface area contributed by atoms with Crippen LogP contribution in [0.4, 0.5) is 0 Å². The number of aliphatic carboxylic acids is 1. The van der Waals surface area contributed by atoms with E-state index in [0.717, 1.165) is 6.26 Å². The van der Waals surface area contributed by atoms with Gasteiger partial charge in [0.2, 0.25) is 10.0 Å². The van der Waals surface area contributed by atoms with Gasteiger partial charge in [0.25, 0.3) is 0 Å². The van der Waals surface area contributed by atoms with Crippen LogP contribution in [0.3, 0.4) is 0 Å². The zero-order valence-electron chi connectivity index (χ0n) is 8.65. The van der Waals surface area contributed by atoms with Gasteiger partial charge in [-0.1, -0.05) is 13.8 Å². The fourth-order valence-corrected chi connectivity index (χ4v) is 1.54. The van der Waals surface area contributed by atoms with E-state index in [0.29, 0.717) is 0 Å². The molecule has 6 heteroatoms. The molecule has 0 rings (SSSR count). The van der Waals surface area contributed by atoms with E-state index in [2.05, 4.69) is 4.72 Å². The van der Waals surface area contributed by atoms with Crippen molar-refractivity contribution in [2.45, 2.75) is 20.3 Å². The van der Waals surface area contributed by atoms with E-state index in [1.165, 1.54) is 0 Å². The summed E-state index contributed by atoms with van der Waals surface area (Å²) in [4.78, 5) is 10.5. The molecule has 0 saturated heterocycles. The largest absolute Gasteiger partial charge is 0.481 e. The van der Waals surface area contributed by atoms with Gasteiger partial charge in [0.15, 0.2) is 0 Å². The Morgan fingerprint density at radius 1 is 1.43 bits per heavy atom. The predicted octanol–water partition coefficient (Wildman–Crippen LogP) is 0.282. The van der Waals surface area contributed by atoms with Crippen molar-refractivity contribution in [1.29, 1.82) is 0 Å². The van der Waals surface area contributed by atoms with Gasteiger partial charge in [-0.05, 0) is 11.8 Å². The summed E-state index contributed by atoms with van der Waals surface area (Å²) in [5.41, 5.74) is 0. The van der Waals surface area contributed by atoms with E-state index in [1.807, 2.05) is 13.8 Å². The van der Waals surface area contributed by atoms with Crippen LogP contribution in [0.25, 0.3) is 0 Å². The predicted molar refractivity (Wildman–Crippen MR) is 53.4 cm³/mol. The Bertz CT molecular complexity index is 284. The SMILES string of the molecule is CC(C)C(CNS(C)(=O)=O)CC(=O)O. The van der Waals surface area contributed by atoms with Crippen LogP contribution in [0.5, 0.6) is 0 Å². The molecule has 0 aliphatic carbocycles. The molecule has 0 aliphatic rings. The Balaban J connectivity index is 4.18. The number of carboxylic acid groups (broad SMARTS) is 1. The Morgan fingerprint density at radius 2 is 1.93 bits per heavy atom. The number of rotatable bonds is 6. The highest BCUT2D eigenvalue weighted by Gasteiger charge is 2.18. The van der Waals surface area contributed by atoms with Crippen molar-refractivity contribution in [3.8, 4) is 0 Å². The second kappa shape index (κ2) is 5.31. The fraction of sp³-hybridized carbons (Fsp3) is 0.875. The summed E-state index contributed by atoms with van der Waals surface area (Å²) in [5, 5.41) is 8.58. The Morgan fingerprint density at radius 3 is 2.21 bits per heavy atom. The van der Waals surface area contributed by atoms with Crippen molar-refractivity contribution in [1.82, 2.24) is 4.72 Å². The molecule has 1 unspecified atom stereocenters. The zero-order chi connectivity index (χ0) is 11.4. The first-order chi connectivity index (χ1) is 6.22. The molecule has 0 aromatic heterocycles. The van der Waals surface area contributed by atoms with Crippen LogP contribution < -0.4 is 4.72 Å². The molecule has 1 atom stereocenters. The van der Waals surface area contributed by atoms with Gasteiger partial charge in [-0.2, -0.15) is 0 Å². The zero-order valence-corrected chi connectivity index (χ0v) is 9.47. The first kappa shape index (κ1) is 13.4. The summed E-state index contributed by atoms with van der Waals surface area (Å²) in [6, 6.07) is 0. The lowest BCUT2D eigenvalue weighted by molar-refractivity contribution is -0.138. The molecule has 0 aliphatic heterocycles. The molecule has 0 aromatic rings. The third kappa shape index (κ3) is 6.85. The van der Waals surface area contributed by atoms with Gasteiger partial charge in [0.05, 0.1) is 6.26 Å². The van der Waals surface area contributed by atoms with Crippen LogP contribution in [-0.4, -0.2) is 32.3 Å². The van der Waals surface area contributed by atoms with Gasteiger partial charge in [-0.25, -0.2) is 13.1 Å². The number of carboxylic acids is 1. The monoisotopic (exact) mass is 223 g/mol. The van der Waals surface area contributed by atoms with Crippen molar-refractivity contribution in [3.05, 3.63) is 0 Å². The van der Waals surface area contributed by atoms with Gasteiger partial charge < -0.3 is 5.11 Å². The van der Waals surface area contributed by atoms with Crippen LogP contribution in [0, 0.1) is 11.8 Å². The highest BCUT2D eigenvalue weighted by Crippen LogP contribution is 2.14.